The van der Waals surface area contributed by atoms with Crippen LogP contribution in [0, 0.1) is 11.6 Å². The Bertz CT molecular complexity index is 533. The van der Waals surface area contributed by atoms with Crippen LogP contribution in [-0.2, 0) is 0 Å². The Hall–Kier alpha value is -1.69. The average molecular weight is 312 g/mol. The summed E-state index contributed by atoms with van der Waals surface area (Å²) in [6, 6.07) is 3.14. The molecule has 122 valence electrons. The quantitative estimate of drug-likeness (QED) is 0.756. The molecule has 1 aliphatic rings. The third kappa shape index (κ3) is 3.74. The van der Waals surface area contributed by atoms with Gasteiger partial charge in [-0.2, -0.15) is 0 Å². The van der Waals surface area contributed by atoms with Crippen molar-refractivity contribution in [3.63, 3.8) is 0 Å². The molecule has 0 heterocycles. The summed E-state index contributed by atoms with van der Waals surface area (Å²) in [6.45, 7) is 3.76. The number of carbonyl (C=O) groups is 1. The van der Waals surface area contributed by atoms with Gasteiger partial charge in [-0.1, -0.05) is 13.0 Å². The number of hydrogen-bond acceptors (Lipinski definition) is 2. The van der Waals surface area contributed by atoms with Crippen molar-refractivity contribution < 1.29 is 18.7 Å². The fraction of sp³-hybridized carbons (Fsp3) is 0.562. The van der Waals surface area contributed by atoms with E-state index in [1.165, 1.54) is 18.2 Å². The Morgan fingerprint density at radius 2 is 2.05 bits per heavy atom. The van der Waals surface area contributed by atoms with Gasteiger partial charge in [0.2, 0.25) is 0 Å². The lowest BCUT2D eigenvalue weighted by Crippen LogP contribution is -2.51. The maximum Gasteiger partial charge on any atom is 0.315 e. The van der Waals surface area contributed by atoms with E-state index >= 15 is 0 Å². The first-order chi connectivity index (χ1) is 10.4. The molecule has 0 aliphatic heterocycles. The van der Waals surface area contributed by atoms with E-state index in [-0.39, 0.29) is 30.2 Å². The van der Waals surface area contributed by atoms with E-state index in [9.17, 15) is 13.6 Å². The molecule has 3 N–H and O–H groups in total. The molecule has 1 fully saturated rings. The van der Waals surface area contributed by atoms with Crippen molar-refractivity contribution in [2.75, 3.05) is 6.61 Å². The molecule has 0 radical (unpaired) electrons. The van der Waals surface area contributed by atoms with Gasteiger partial charge < -0.3 is 15.7 Å². The van der Waals surface area contributed by atoms with Crippen molar-refractivity contribution in [2.45, 2.75) is 50.6 Å². The minimum absolute atomic E-state index is 0.0168. The van der Waals surface area contributed by atoms with Crippen LogP contribution in [0.3, 0.4) is 0 Å². The molecule has 0 saturated heterocycles. The highest BCUT2D eigenvalue weighted by Gasteiger charge is 2.43. The lowest BCUT2D eigenvalue weighted by Gasteiger charge is -2.29. The number of amides is 2. The highest BCUT2D eigenvalue weighted by molar-refractivity contribution is 5.75. The molecule has 2 amide bonds. The Balaban J connectivity index is 1.93. The van der Waals surface area contributed by atoms with E-state index in [0.717, 1.165) is 0 Å². The van der Waals surface area contributed by atoms with Gasteiger partial charge in [0.1, 0.15) is 11.6 Å². The van der Waals surface area contributed by atoms with Gasteiger partial charge in [0.05, 0.1) is 0 Å². The van der Waals surface area contributed by atoms with Crippen LogP contribution < -0.4 is 10.6 Å². The molecular formula is C16H22F2N2O2. The summed E-state index contributed by atoms with van der Waals surface area (Å²) in [5.74, 6) is -1.47. The number of aliphatic hydroxyl groups excluding tert-OH is 1. The topological polar surface area (TPSA) is 61.4 Å². The van der Waals surface area contributed by atoms with E-state index < -0.39 is 17.2 Å². The first-order valence-corrected chi connectivity index (χ1v) is 7.53. The first kappa shape index (κ1) is 16.7. The zero-order chi connectivity index (χ0) is 16.3. The summed E-state index contributed by atoms with van der Waals surface area (Å²) >= 11 is 0. The van der Waals surface area contributed by atoms with Crippen LogP contribution in [0.2, 0.25) is 0 Å². The van der Waals surface area contributed by atoms with Gasteiger partial charge in [0, 0.05) is 29.7 Å². The van der Waals surface area contributed by atoms with Crippen LogP contribution in [-0.4, -0.2) is 29.3 Å². The molecule has 3 atom stereocenters. The molecule has 1 aromatic carbocycles. The summed E-state index contributed by atoms with van der Waals surface area (Å²) in [7, 11) is 0. The minimum Gasteiger partial charge on any atom is -0.396 e. The maximum absolute atomic E-state index is 13.7. The zero-order valence-electron chi connectivity index (χ0n) is 12.8. The third-order valence-electron chi connectivity index (χ3n) is 4.34. The van der Waals surface area contributed by atoms with E-state index in [1.54, 1.807) is 0 Å². The number of nitrogens with one attached hydrogen (secondary N) is 2. The highest BCUT2D eigenvalue weighted by atomic mass is 19.1. The van der Waals surface area contributed by atoms with Crippen molar-refractivity contribution in [1.82, 2.24) is 10.6 Å². The lowest BCUT2D eigenvalue weighted by molar-refractivity contribution is 0.200. The Kier molecular flexibility index (Phi) is 5.01. The summed E-state index contributed by atoms with van der Waals surface area (Å²) in [6.07, 6.45) is 1.65. The van der Waals surface area contributed by atoms with E-state index in [0.29, 0.717) is 19.3 Å². The number of carbonyl (C=O) groups excluding carboxylic acids is 1. The molecular weight excluding hydrogens is 290 g/mol. The molecule has 3 unspecified atom stereocenters. The molecule has 0 aromatic heterocycles. The molecule has 22 heavy (non-hydrogen) atoms. The molecule has 1 aromatic rings. The van der Waals surface area contributed by atoms with Crippen LogP contribution in [0.1, 0.15) is 44.6 Å². The van der Waals surface area contributed by atoms with Crippen LogP contribution >= 0.6 is 0 Å². The molecule has 2 rings (SSSR count). The molecule has 1 aliphatic carbocycles. The molecule has 4 nitrogen and oxygen atoms in total. The second-order valence-electron chi connectivity index (χ2n) is 6.07. The predicted molar refractivity (Wildman–Crippen MR) is 79.6 cm³/mol. The lowest BCUT2D eigenvalue weighted by atomic mass is 9.95. The van der Waals surface area contributed by atoms with Gasteiger partial charge in [-0.05, 0) is 38.3 Å². The maximum atomic E-state index is 13.7. The van der Waals surface area contributed by atoms with Crippen LogP contribution in [0.5, 0.6) is 0 Å². The summed E-state index contributed by atoms with van der Waals surface area (Å²) in [5, 5.41) is 14.6. The molecule has 0 bridgehead atoms. The Morgan fingerprint density at radius 3 is 2.59 bits per heavy atom. The normalized spacial score (nSPS) is 22.8. The summed E-state index contributed by atoms with van der Waals surface area (Å²) < 4.78 is 27.4. The third-order valence-corrected chi connectivity index (χ3v) is 4.34. The van der Waals surface area contributed by atoms with Crippen molar-refractivity contribution in [1.29, 1.82) is 0 Å². The number of rotatable bonds is 6. The summed E-state index contributed by atoms with van der Waals surface area (Å²) in [4.78, 5) is 12.0. The van der Waals surface area contributed by atoms with Gasteiger partial charge in [-0.15, -0.1) is 0 Å². The average Bonchev–Trinajstić information content (AvgIpc) is 3.17. The number of urea groups is 1. The smallest absolute Gasteiger partial charge is 0.315 e. The predicted octanol–water partition coefficient (Wildman–Crippen LogP) is 2.67. The van der Waals surface area contributed by atoms with Gasteiger partial charge in [0.15, 0.2) is 0 Å². The van der Waals surface area contributed by atoms with E-state index in [1.807, 2.05) is 13.8 Å². The van der Waals surface area contributed by atoms with Crippen molar-refractivity contribution in [3.05, 3.63) is 35.4 Å². The molecule has 0 spiro atoms. The van der Waals surface area contributed by atoms with Gasteiger partial charge >= 0.3 is 6.03 Å². The first-order valence-electron chi connectivity index (χ1n) is 7.53. The van der Waals surface area contributed by atoms with Gasteiger partial charge in [-0.3, -0.25) is 0 Å². The van der Waals surface area contributed by atoms with Crippen molar-refractivity contribution >= 4 is 6.03 Å². The number of halogens is 2. The fourth-order valence-corrected chi connectivity index (χ4v) is 2.59. The fourth-order valence-electron chi connectivity index (χ4n) is 2.59. The van der Waals surface area contributed by atoms with Crippen LogP contribution in [0.4, 0.5) is 13.6 Å². The SMILES string of the molecule is CCC(C)(CCO)NC(=O)NC1CC1c1c(F)cccc1F. The second kappa shape index (κ2) is 6.60. The van der Waals surface area contributed by atoms with Crippen molar-refractivity contribution in [3.8, 4) is 0 Å². The Morgan fingerprint density at radius 1 is 1.41 bits per heavy atom. The molecule has 6 heteroatoms. The van der Waals surface area contributed by atoms with Crippen LogP contribution in [0.15, 0.2) is 18.2 Å². The monoisotopic (exact) mass is 312 g/mol. The number of aliphatic hydroxyl groups is 1. The van der Waals surface area contributed by atoms with E-state index in [4.69, 9.17) is 5.11 Å². The van der Waals surface area contributed by atoms with Gasteiger partial charge in [-0.25, -0.2) is 13.6 Å². The minimum atomic E-state index is -0.576. The number of hydrogen-bond donors (Lipinski definition) is 3. The zero-order valence-corrected chi connectivity index (χ0v) is 12.8. The largest absolute Gasteiger partial charge is 0.396 e. The number of benzene rings is 1. The highest BCUT2D eigenvalue weighted by Crippen LogP contribution is 2.43. The standard InChI is InChI=1S/C16H22F2N2O2/c1-3-16(2,7-8-21)20-15(22)19-13-9-10(13)14-11(17)5-4-6-12(14)18/h4-6,10,13,21H,3,7-9H2,1-2H3,(H2,19,20,22). The molecule has 1 saturated carbocycles. The Labute approximate surface area is 128 Å². The van der Waals surface area contributed by atoms with E-state index in [2.05, 4.69) is 10.6 Å². The summed E-state index contributed by atoms with van der Waals surface area (Å²) in [5.41, 5.74) is -0.451. The second-order valence-corrected chi connectivity index (χ2v) is 6.07. The van der Waals surface area contributed by atoms with Crippen molar-refractivity contribution in [2.24, 2.45) is 0 Å². The van der Waals surface area contributed by atoms with Gasteiger partial charge in [0.25, 0.3) is 0 Å². The van der Waals surface area contributed by atoms with Crippen LogP contribution in [0.25, 0.3) is 0 Å².